The third-order valence-corrected chi connectivity index (χ3v) is 22.7. The second-order valence-corrected chi connectivity index (χ2v) is 27.1. The zero-order chi connectivity index (χ0) is 50.1. The molecule has 7 aliphatic rings. The van der Waals surface area contributed by atoms with Crippen molar-refractivity contribution in [1.29, 1.82) is 0 Å². The Morgan fingerprint density at radius 1 is 0.611 bits per heavy atom. The van der Waals surface area contributed by atoms with Gasteiger partial charge in [-0.2, -0.15) is 0 Å². The van der Waals surface area contributed by atoms with Gasteiger partial charge in [-0.15, -0.1) is 0 Å². The SMILES string of the molecule is CC(C)[Si](O[C@]12C[C@]3(C)O[C@H](O1)[C@]1(COC(=O)c4ccccc4)[C@H]2C[C@@]13O[C@@H]1O[C@H](COCc2ccccc2)[C@@H](OCc2ccccc2)[C@H](OCc2ccccc2)[C@H]1OCc1ccccc1)(C(C)C)C(C)C. The van der Waals surface area contributed by atoms with E-state index in [1.165, 1.54) is 0 Å². The number of ether oxygens (including phenoxy) is 9. The van der Waals surface area contributed by atoms with Crippen LogP contribution in [0.4, 0.5) is 0 Å². The maximum absolute atomic E-state index is 14.0. The molecule has 4 saturated heterocycles. The summed E-state index contributed by atoms with van der Waals surface area (Å²) in [5.41, 5.74) is 2.39. The summed E-state index contributed by atoms with van der Waals surface area (Å²) in [6, 6.07) is 49.6. The van der Waals surface area contributed by atoms with Crippen LogP contribution in [0.5, 0.6) is 0 Å². The van der Waals surface area contributed by atoms with E-state index in [1.807, 2.05) is 115 Å². The summed E-state index contributed by atoms with van der Waals surface area (Å²) in [5, 5.41) is 0. The molecule has 4 heterocycles. The van der Waals surface area contributed by atoms with Gasteiger partial charge < -0.3 is 47.1 Å². The van der Waals surface area contributed by atoms with E-state index in [4.69, 9.17) is 47.1 Å². The fourth-order valence-corrected chi connectivity index (χ4v) is 18.9. The monoisotopic (exact) mass is 996 g/mol. The van der Waals surface area contributed by atoms with Crippen molar-refractivity contribution in [2.45, 2.75) is 158 Å². The number of hydrogen-bond donors (Lipinski definition) is 0. The average molecular weight is 997 g/mol. The Hall–Kier alpha value is -4.57. The van der Waals surface area contributed by atoms with Gasteiger partial charge in [-0.25, -0.2) is 4.79 Å². The molecule has 5 aromatic rings. The smallest absolute Gasteiger partial charge is 0.338 e. The summed E-state index contributed by atoms with van der Waals surface area (Å²) in [6.45, 7) is 17.3. The van der Waals surface area contributed by atoms with Crippen molar-refractivity contribution >= 4 is 14.3 Å². The van der Waals surface area contributed by atoms with Crippen molar-refractivity contribution < 1.29 is 51.9 Å². The Morgan fingerprint density at radius 3 is 1.60 bits per heavy atom. The molecule has 3 aliphatic carbocycles. The van der Waals surface area contributed by atoms with E-state index < -0.39 is 73.7 Å². The van der Waals surface area contributed by atoms with Crippen LogP contribution < -0.4 is 0 Å². The van der Waals surface area contributed by atoms with E-state index >= 15 is 0 Å². The normalized spacial score (nSPS) is 31.3. The van der Waals surface area contributed by atoms with Crippen LogP contribution in [-0.2, 0) is 73.5 Å². The van der Waals surface area contributed by atoms with Crippen LogP contribution in [-0.4, -0.2) is 81.5 Å². The molecular formula is C60H72O11Si. The number of carbonyl (C=O) groups excluding carboxylic acids is 1. The van der Waals surface area contributed by atoms with Gasteiger partial charge in [-0.1, -0.05) is 181 Å². The number of carbonyl (C=O) groups is 1. The van der Waals surface area contributed by atoms with Crippen LogP contribution in [0.3, 0.4) is 0 Å². The molecule has 0 aromatic heterocycles. The molecule has 382 valence electrons. The molecule has 3 saturated carbocycles. The van der Waals surface area contributed by atoms with Gasteiger partial charge >= 0.3 is 5.97 Å². The largest absolute Gasteiger partial charge is 0.461 e. The summed E-state index contributed by atoms with van der Waals surface area (Å²) in [5.74, 6) is -1.63. The van der Waals surface area contributed by atoms with E-state index in [9.17, 15) is 4.79 Å². The highest BCUT2D eigenvalue weighted by atomic mass is 28.4. The van der Waals surface area contributed by atoms with Gasteiger partial charge in [0.15, 0.2) is 18.4 Å². The van der Waals surface area contributed by atoms with E-state index in [1.54, 1.807) is 12.1 Å². The Kier molecular flexibility index (Phi) is 14.8. The second-order valence-electron chi connectivity index (χ2n) is 21.7. The minimum absolute atomic E-state index is 0.0149. The van der Waals surface area contributed by atoms with Gasteiger partial charge in [-0.3, -0.25) is 0 Å². The molecular weight excluding hydrogens is 925 g/mol. The van der Waals surface area contributed by atoms with Gasteiger partial charge in [0.05, 0.1) is 44.0 Å². The lowest BCUT2D eigenvalue weighted by Gasteiger charge is -2.69. The molecule has 5 aromatic carbocycles. The fourth-order valence-electron chi connectivity index (χ4n) is 13.3. The zero-order valence-corrected chi connectivity index (χ0v) is 43.9. The first kappa shape index (κ1) is 50.9. The summed E-state index contributed by atoms with van der Waals surface area (Å²) in [6.07, 6.45) is -3.77. The molecule has 12 rings (SSSR count). The quantitative estimate of drug-likeness (QED) is 0.0461. The third kappa shape index (κ3) is 9.13. The predicted octanol–water partition coefficient (Wildman–Crippen LogP) is 11.7. The van der Waals surface area contributed by atoms with Gasteiger partial charge in [0.2, 0.25) is 8.32 Å². The van der Waals surface area contributed by atoms with Gasteiger partial charge in [-0.05, 0) is 64.4 Å². The molecule has 0 amide bonds. The third-order valence-electron chi connectivity index (χ3n) is 16.6. The Morgan fingerprint density at radius 2 is 1.08 bits per heavy atom. The van der Waals surface area contributed by atoms with E-state index in [0.29, 0.717) is 48.2 Å². The fraction of sp³-hybridized carbons (Fsp3) is 0.483. The summed E-state index contributed by atoms with van der Waals surface area (Å²) < 4.78 is 71.7. The molecule has 0 unspecified atom stereocenters. The molecule has 11 atom stereocenters. The van der Waals surface area contributed by atoms with Crippen LogP contribution in [0.25, 0.3) is 0 Å². The first-order valence-corrected chi connectivity index (χ1v) is 28.2. The van der Waals surface area contributed by atoms with Crippen LogP contribution in [0.2, 0.25) is 16.6 Å². The van der Waals surface area contributed by atoms with Crippen molar-refractivity contribution in [2.75, 3.05) is 13.2 Å². The Balaban J connectivity index is 1.06. The summed E-state index contributed by atoms with van der Waals surface area (Å²) in [4.78, 5) is 14.0. The number of hydrogen-bond acceptors (Lipinski definition) is 11. The van der Waals surface area contributed by atoms with Gasteiger partial charge in [0.1, 0.15) is 42.2 Å². The molecule has 4 aliphatic heterocycles. The number of esters is 1. The lowest BCUT2D eigenvalue weighted by molar-refractivity contribution is -0.425. The van der Waals surface area contributed by atoms with Gasteiger partial charge in [0, 0.05) is 12.3 Å². The summed E-state index contributed by atoms with van der Waals surface area (Å²) in [7, 11) is -2.54. The predicted molar refractivity (Wildman–Crippen MR) is 275 cm³/mol. The van der Waals surface area contributed by atoms with Crippen LogP contribution >= 0.6 is 0 Å². The maximum Gasteiger partial charge on any atom is 0.338 e. The van der Waals surface area contributed by atoms with Crippen molar-refractivity contribution in [1.82, 2.24) is 0 Å². The Labute approximate surface area is 426 Å². The minimum atomic E-state index is -2.54. The van der Waals surface area contributed by atoms with Crippen LogP contribution in [0, 0.1) is 11.3 Å². The first-order valence-electron chi connectivity index (χ1n) is 26.0. The molecule has 0 N–H and O–H groups in total. The van der Waals surface area contributed by atoms with Crippen molar-refractivity contribution in [3.63, 3.8) is 0 Å². The minimum Gasteiger partial charge on any atom is -0.461 e. The highest BCUT2D eigenvalue weighted by Crippen LogP contribution is 2.83. The second kappa shape index (κ2) is 21.0. The van der Waals surface area contributed by atoms with Crippen LogP contribution in [0.1, 0.15) is 93.9 Å². The average Bonchev–Trinajstić information content (AvgIpc) is 3.59. The summed E-state index contributed by atoms with van der Waals surface area (Å²) >= 11 is 0. The lowest BCUT2D eigenvalue weighted by atomic mass is 9.41. The maximum atomic E-state index is 14.0. The van der Waals surface area contributed by atoms with Crippen molar-refractivity contribution in [3.05, 3.63) is 179 Å². The highest BCUT2D eigenvalue weighted by molar-refractivity contribution is 6.77. The van der Waals surface area contributed by atoms with Crippen molar-refractivity contribution in [3.8, 4) is 0 Å². The van der Waals surface area contributed by atoms with E-state index in [2.05, 4.69) is 72.7 Å². The standard InChI is InChI=1S/C60H72O11Si/c1-41(2)72(42(3)4,43(5)6)71-59-39-57(7)60(33-50(59)58(60,56(69-57)70-59)40-66-54(61)48-31-21-12-22-32-48)68-55-53(65-37-47-29-19-11-20-30-47)52(64-36-46-27-17-10-18-28-46)51(63-35-45-25-15-9-16-26-45)49(67-55)38-62-34-44-23-13-8-14-24-44/h8-32,41-43,49-53,55-56H,33-40H2,1-7H3/t49-,50-,51-,52+,53-,55+,56-,57+,58+,59+,60+/m1/s1. The molecule has 12 heteroatoms. The highest BCUT2D eigenvalue weighted by Gasteiger charge is 2.95. The van der Waals surface area contributed by atoms with Crippen molar-refractivity contribution in [2.24, 2.45) is 11.3 Å². The number of rotatable bonds is 23. The molecule has 0 spiro atoms. The zero-order valence-electron chi connectivity index (χ0n) is 42.9. The molecule has 0 radical (unpaired) electrons. The molecule has 11 nitrogen and oxygen atoms in total. The molecule has 7 fully saturated rings. The van der Waals surface area contributed by atoms with E-state index in [0.717, 1.165) is 22.3 Å². The van der Waals surface area contributed by atoms with Crippen LogP contribution in [0.15, 0.2) is 152 Å². The Bertz CT molecular complexity index is 2530. The lowest BCUT2D eigenvalue weighted by Crippen LogP contribution is -2.82. The topological polar surface area (TPSA) is 109 Å². The molecule has 72 heavy (non-hydrogen) atoms. The van der Waals surface area contributed by atoms with E-state index in [-0.39, 0.29) is 32.3 Å². The number of benzene rings is 5. The molecule has 6 bridgehead atoms. The first-order chi connectivity index (χ1) is 34.8. The van der Waals surface area contributed by atoms with Gasteiger partial charge in [0.25, 0.3) is 0 Å².